The van der Waals surface area contributed by atoms with Crippen molar-refractivity contribution in [3.63, 3.8) is 0 Å². The molecular formula is C9H18N4. The fourth-order valence-electron chi connectivity index (χ4n) is 1.48. The first-order valence-electron chi connectivity index (χ1n) is 4.50. The first kappa shape index (κ1) is 10.1. The summed E-state index contributed by atoms with van der Waals surface area (Å²) in [6.45, 7) is 3.20. The van der Waals surface area contributed by atoms with Crippen LogP contribution in [0, 0.1) is 0 Å². The van der Waals surface area contributed by atoms with Gasteiger partial charge in [-0.2, -0.15) is 0 Å². The van der Waals surface area contributed by atoms with E-state index in [1.54, 1.807) is 0 Å². The van der Waals surface area contributed by atoms with Crippen LogP contribution in [0.2, 0.25) is 0 Å². The molecule has 0 aliphatic carbocycles. The molecule has 1 atom stereocenters. The summed E-state index contributed by atoms with van der Waals surface area (Å²) >= 11 is 0. The third kappa shape index (κ3) is 2.45. The largest absolute Gasteiger partial charge is 0.359 e. The Balaban J connectivity index is 2.69. The highest BCUT2D eigenvalue weighted by atomic mass is 15.2. The van der Waals surface area contributed by atoms with Crippen LogP contribution in [0.15, 0.2) is 12.4 Å². The zero-order valence-electron chi connectivity index (χ0n) is 8.78. The van der Waals surface area contributed by atoms with E-state index in [2.05, 4.69) is 40.8 Å². The summed E-state index contributed by atoms with van der Waals surface area (Å²) in [4.78, 5) is 6.37. The van der Waals surface area contributed by atoms with Crippen LogP contribution in [-0.2, 0) is 0 Å². The summed E-state index contributed by atoms with van der Waals surface area (Å²) in [5.74, 6) is 0.925. The van der Waals surface area contributed by atoms with Gasteiger partial charge in [0, 0.05) is 32.0 Å². The summed E-state index contributed by atoms with van der Waals surface area (Å²) in [5.41, 5.74) is 0. The van der Waals surface area contributed by atoms with E-state index in [1.807, 2.05) is 19.4 Å². The summed E-state index contributed by atoms with van der Waals surface area (Å²) < 4.78 is 2.14. The van der Waals surface area contributed by atoms with E-state index in [0.717, 1.165) is 12.5 Å². The third-order valence-corrected chi connectivity index (χ3v) is 2.00. The first-order chi connectivity index (χ1) is 6.15. The van der Waals surface area contributed by atoms with Gasteiger partial charge in [-0.05, 0) is 21.0 Å². The molecule has 0 aliphatic rings. The molecule has 1 heterocycles. The maximum atomic E-state index is 4.20. The number of aromatic nitrogens is 2. The molecule has 1 aromatic rings. The number of nitrogens with zero attached hydrogens (tertiary/aromatic N) is 3. The van der Waals surface area contributed by atoms with Crippen molar-refractivity contribution in [1.82, 2.24) is 14.5 Å². The van der Waals surface area contributed by atoms with E-state index in [1.165, 1.54) is 0 Å². The Morgan fingerprint density at radius 2 is 2.31 bits per heavy atom. The molecular weight excluding hydrogens is 164 g/mol. The lowest BCUT2D eigenvalue weighted by Gasteiger charge is -2.19. The van der Waals surface area contributed by atoms with E-state index in [4.69, 9.17) is 0 Å². The van der Waals surface area contributed by atoms with Gasteiger partial charge in [-0.3, -0.25) is 0 Å². The van der Waals surface area contributed by atoms with Crippen molar-refractivity contribution in [2.75, 3.05) is 33.0 Å². The average molecular weight is 182 g/mol. The summed E-state index contributed by atoms with van der Waals surface area (Å²) in [5, 5.41) is 3.06. The number of hydrogen-bond acceptors (Lipinski definition) is 3. The minimum Gasteiger partial charge on any atom is -0.359 e. The third-order valence-electron chi connectivity index (χ3n) is 2.00. The molecule has 0 amide bonds. The lowest BCUT2D eigenvalue weighted by molar-refractivity contribution is 0.338. The highest BCUT2D eigenvalue weighted by Gasteiger charge is 2.08. The van der Waals surface area contributed by atoms with Gasteiger partial charge in [-0.15, -0.1) is 0 Å². The zero-order chi connectivity index (χ0) is 9.84. The molecule has 0 aliphatic heterocycles. The molecule has 0 aromatic carbocycles. The van der Waals surface area contributed by atoms with Crippen molar-refractivity contribution in [3.05, 3.63) is 12.4 Å². The fourth-order valence-corrected chi connectivity index (χ4v) is 1.48. The van der Waals surface area contributed by atoms with Crippen molar-refractivity contribution < 1.29 is 0 Å². The Morgan fingerprint density at radius 1 is 1.62 bits per heavy atom. The Kier molecular flexibility index (Phi) is 3.31. The van der Waals surface area contributed by atoms with Crippen LogP contribution in [0.5, 0.6) is 0 Å². The average Bonchev–Trinajstić information content (AvgIpc) is 2.49. The lowest BCUT2D eigenvalue weighted by atomic mass is 10.3. The highest BCUT2D eigenvalue weighted by Crippen LogP contribution is 2.12. The molecule has 0 fully saturated rings. The molecule has 13 heavy (non-hydrogen) atoms. The van der Waals surface area contributed by atoms with Crippen LogP contribution in [0.4, 0.5) is 5.95 Å². The molecule has 0 saturated heterocycles. The predicted octanol–water partition coefficient (Wildman–Crippen LogP) is 1.05. The molecule has 0 saturated carbocycles. The van der Waals surface area contributed by atoms with Gasteiger partial charge in [0.15, 0.2) is 0 Å². The Bertz CT molecular complexity index is 254. The van der Waals surface area contributed by atoms with Gasteiger partial charge in [-0.25, -0.2) is 4.98 Å². The maximum Gasteiger partial charge on any atom is 0.202 e. The van der Waals surface area contributed by atoms with Crippen LogP contribution >= 0.6 is 0 Å². The normalized spacial score (nSPS) is 13.3. The molecule has 74 valence electrons. The Morgan fingerprint density at radius 3 is 2.85 bits per heavy atom. The molecule has 0 spiro atoms. The van der Waals surface area contributed by atoms with Gasteiger partial charge in [0.25, 0.3) is 0 Å². The minimum absolute atomic E-state index is 0.444. The molecule has 1 unspecified atom stereocenters. The second-order valence-electron chi connectivity index (χ2n) is 3.52. The van der Waals surface area contributed by atoms with Crippen LogP contribution in [0.25, 0.3) is 0 Å². The van der Waals surface area contributed by atoms with Crippen LogP contribution < -0.4 is 5.32 Å². The second-order valence-corrected chi connectivity index (χ2v) is 3.52. The molecule has 4 nitrogen and oxygen atoms in total. The number of rotatable bonds is 4. The summed E-state index contributed by atoms with van der Waals surface area (Å²) in [6.07, 6.45) is 3.82. The lowest BCUT2D eigenvalue weighted by Crippen LogP contribution is -2.22. The standard InChI is InChI=1S/C9H18N4/c1-8(7-12(3)4)13-6-5-11-9(13)10-2/h5-6,8H,7H2,1-4H3,(H,10,11). The molecule has 1 rings (SSSR count). The first-order valence-corrected chi connectivity index (χ1v) is 4.50. The highest BCUT2D eigenvalue weighted by molar-refractivity contribution is 5.25. The Hall–Kier alpha value is -1.03. The minimum atomic E-state index is 0.444. The summed E-state index contributed by atoms with van der Waals surface area (Å²) in [7, 11) is 6.04. The number of anilines is 1. The van der Waals surface area contributed by atoms with Gasteiger partial charge < -0.3 is 14.8 Å². The molecule has 1 aromatic heterocycles. The van der Waals surface area contributed by atoms with Crippen molar-refractivity contribution in [2.24, 2.45) is 0 Å². The maximum absolute atomic E-state index is 4.20. The van der Waals surface area contributed by atoms with Crippen molar-refractivity contribution >= 4 is 5.95 Å². The van der Waals surface area contributed by atoms with Crippen LogP contribution in [0.3, 0.4) is 0 Å². The van der Waals surface area contributed by atoms with Crippen LogP contribution in [-0.4, -0.2) is 42.1 Å². The summed E-state index contributed by atoms with van der Waals surface area (Å²) in [6, 6.07) is 0.444. The molecule has 4 heteroatoms. The quantitative estimate of drug-likeness (QED) is 0.755. The smallest absolute Gasteiger partial charge is 0.202 e. The van der Waals surface area contributed by atoms with Gasteiger partial charge >= 0.3 is 0 Å². The van der Waals surface area contributed by atoms with E-state index in [-0.39, 0.29) is 0 Å². The monoisotopic (exact) mass is 182 g/mol. The molecule has 0 radical (unpaired) electrons. The van der Waals surface area contributed by atoms with Gasteiger partial charge in [0.1, 0.15) is 0 Å². The second kappa shape index (κ2) is 4.28. The topological polar surface area (TPSA) is 33.1 Å². The van der Waals surface area contributed by atoms with E-state index >= 15 is 0 Å². The fraction of sp³-hybridized carbons (Fsp3) is 0.667. The van der Waals surface area contributed by atoms with E-state index in [0.29, 0.717) is 6.04 Å². The number of hydrogen-bond donors (Lipinski definition) is 1. The Labute approximate surface area is 79.6 Å². The predicted molar refractivity (Wildman–Crippen MR) is 55.0 cm³/mol. The van der Waals surface area contributed by atoms with Crippen molar-refractivity contribution in [2.45, 2.75) is 13.0 Å². The van der Waals surface area contributed by atoms with Crippen molar-refractivity contribution in [3.8, 4) is 0 Å². The number of likely N-dealkylation sites (N-methyl/N-ethyl adjacent to an activating group) is 1. The van der Waals surface area contributed by atoms with E-state index in [9.17, 15) is 0 Å². The van der Waals surface area contributed by atoms with Gasteiger partial charge in [0.2, 0.25) is 5.95 Å². The number of nitrogens with one attached hydrogen (secondary N) is 1. The molecule has 0 bridgehead atoms. The van der Waals surface area contributed by atoms with Crippen molar-refractivity contribution in [1.29, 1.82) is 0 Å². The zero-order valence-corrected chi connectivity index (χ0v) is 8.78. The molecule has 1 N–H and O–H groups in total. The van der Waals surface area contributed by atoms with E-state index < -0.39 is 0 Å². The van der Waals surface area contributed by atoms with Crippen LogP contribution in [0.1, 0.15) is 13.0 Å². The van der Waals surface area contributed by atoms with Gasteiger partial charge in [-0.1, -0.05) is 0 Å². The number of imidazole rings is 1. The van der Waals surface area contributed by atoms with Gasteiger partial charge in [0.05, 0.1) is 0 Å². The SMILES string of the molecule is CNc1nccn1C(C)CN(C)C.